The normalized spacial score (nSPS) is 14.8. The summed E-state index contributed by atoms with van der Waals surface area (Å²) in [6.07, 6.45) is 11.6. The molecule has 0 bridgehead atoms. The Morgan fingerprint density at radius 1 is 0.344 bits per heavy atom. The van der Waals surface area contributed by atoms with Crippen molar-refractivity contribution in [1.29, 1.82) is 0 Å². The zero-order valence-electron chi connectivity index (χ0n) is 38.0. The van der Waals surface area contributed by atoms with E-state index in [4.69, 9.17) is 0 Å². The lowest BCUT2D eigenvalue weighted by molar-refractivity contribution is 0.403. The topological polar surface area (TPSA) is 162 Å². The summed E-state index contributed by atoms with van der Waals surface area (Å²) in [5, 5.41) is 83.9. The Morgan fingerprint density at radius 3 is 1.03 bits per heavy atom. The Hall–Kier alpha value is -6.28. The maximum atomic E-state index is 11.1. The second-order valence-electron chi connectivity index (χ2n) is 18.5. The van der Waals surface area contributed by atoms with Crippen LogP contribution >= 0.6 is 0 Å². The zero-order valence-corrected chi connectivity index (χ0v) is 38.0. The van der Waals surface area contributed by atoms with Gasteiger partial charge in [0.1, 0.15) is 23.0 Å². The van der Waals surface area contributed by atoms with Crippen LogP contribution in [-0.2, 0) is 0 Å². The van der Waals surface area contributed by atoms with E-state index >= 15 is 0 Å². The largest absolute Gasteiger partial charge is 0.508 e. The summed E-state index contributed by atoms with van der Waals surface area (Å²) in [5.41, 5.74) is 12.3. The summed E-state index contributed by atoms with van der Waals surface area (Å²) in [5.74, 6) is 0.305. The lowest BCUT2D eigenvalue weighted by atomic mass is 9.78. The van der Waals surface area contributed by atoms with Crippen LogP contribution < -0.4 is 0 Å². The van der Waals surface area contributed by atoms with E-state index in [1.165, 1.54) is 56.7 Å². The van der Waals surface area contributed by atoms with Gasteiger partial charge in [-0.3, -0.25) is 0 Å². The van der Waals surface area contributed by atoms with Crippen LogP contribution in [0.25, 0.3) is 0 Å². The van der Waals surface area contributed by atoms with Gasteiger partial charge < -0.3 is 40.9 Å². The highest BCUT2D eigenvalue weighted by Gasteiger charge is 2.30. The van der Waals surface area contributed by atoms with Crippen LogP contribution in [0.4, 0.5) is 0 Å². The van der Waals surface area contributed by atoms with Crippen molar-refractivity contribution in [1.82, 2.24) is 0 Å². The first kappa shape index (κ1) is 45.7. The van der Waals surface area contributed by atoms with Gasteiger partial charge in [-0.25, -0.2) is 0 Å². The zero-order chi connectivity index (χ0) is 46.0. The molecule has 2 aliphatic carbocycles. The van der Waals surface area contributed by atoms with E-state index in [0.29, 0.717) is 40.0 Å². The summed E-state index contributed by atoms with van der Waals surface area (Å²) in [6.45, 7) is 11.5. The fraction of sp³-hybridized carbons (Fsp3) is 0.357. The van der Waals surface area contributed by atoms with Crippen molar-refractivity contribution >= 4 is 0 Å². The highest BCUT2D eigenvalue weighted by atomic mass is 16.3. The van der Waals surface area contributed by atoms with E-state index in [1.807, 2.05) is 71.9 Å². The molecule has 0 aliphatic heterocycles. The number of aryl methyl sites for hydroxylation is 4. The molecule has 64 heavy (non-hydrogen) atoms. The molecule has 0 spiro atoms. The molecule has 8 N–H and O–H groups in total. The molecular weight excluding hydrogens is 801 g/mol. The highest BCUT2D eigenvalue weighted by molar-refractivity contribution is 5.63. The van der Waals surface area contributed by atoms with Gasteiger partial charge in [-0.05, 0) is 182 Å². The predicted octanol–water partition coefficient (Wildman–Crippen LogP) is 13.3. The predicted molar refractivity (Wildman–Crippen MR) is 254 cm³/mol. The van der Waals surface area contributed by atoms with Gasteiger partial charge in [-0.15, -0.1) is 0 Å². The Morgan fingerprint density at radius 2 is 0.672 bits per heavy atom. The van der Waals surface area contributed by atoms with Crippen LogP contribution in [0, 0.1) is 41.5 Å². The fourth-order valence-electron chi connectivity index (χ4n) is 10.4. The van der Waals surface area contributed by atoms with Crippen molar-refractivity contribution < 1.29 is 40.9 Å². The summed E-state index contributed by atoms with van der Waals surface area (Å²) < 4.78 is 0. The smallest absolute Gasteiger partial charge is 0.157 e. The number of hydrogen-bond donors (Lipinski definition) is 8. The quantitative estimate of drug-likeness (QED) is 0.0554. The first-order valence-corrected chi connectivity index (χ1v) is 22.8. The van der Waals surface area contributed by atoms with Crippen molar-refractivity contribution in [3.8, 4) is 46.0 Å². The molecule has 2 aliphatic rings. The Labute approximate surface area is 377 Å². The first-order valence-electron chi connectivity index (χ1n) is 22.8. The van der Waals surface area contributed by atoms with E-state index in [-0.39, 0.29) is 40.4 Å². The maximum absolute atomic E-state index is 11.1. The van der Waals surface area contributed by atoms with Gasteiger partial charge in [0.15, 0.2) is 23.0 Å². The molecule has 0 atom stereocenters. The van der Waals surface area contributed by atoms with Gasteiger partial charge in [-0.2, -0.15) is 0 Å². The number of aromatic hydroxyl groups is 8. The monoisotopic (exact) mass is 864 g/mol. The van der Waals surface area contributed by atoms with Crippen molar-refractivity contribution in [2.45, 2.75) is 129 Å². The molecule has 0 radical (unpaired) electrons. The maximum Gasteiger partial charge on any atom is 0.157 e. The standard InChI is InChI=1S/C31H36O4.C25H28O4/c32-27-14-11-22(17-25(27)20-7-3-1-4-8-20)31(24-13-16-29(34)30(35)19-24)23-12-15-28(33)26(18-23)21-9-5-2-6-10-21;1-12-9-14(3)21(24(28)16(12)5)23(18-7-8-19(26)20(27)11-18)22-15(4)10-13(2)17(6)25(22)29/h11-21,31-35H,1-10H2;7-11,23,26-29H,1-6H3. The molecule has 2 fully saturated rings. The molecule has 0 aromatic heterocycles. The molecule has 336 valence electrons. The molecule has 2 saturated carbocycles. The van der Waals surface area contributed by atoms with Crippen molar-refractivity contribution in [3.63, 3.8) is 0 Å². The summed E-state index contributed by atoms with van der Waals surface area (Å²) in [6, 6.07) is 25.5. The molecule has 0 saturated heterocycles. The molecule has 8 heteroatoms. The number of phenols is 8. The molecule has 8 nitrogen and oxygen atoms in total. The van der Waals surface area contributed by atoms with E-state index in [2.05, 4.69) is 12.1 Å². The van der Waals surface area contributed by atoms with Gasteiger partial charge in [0.05, 0.1) is 0 Å². The van der Waals surface area contributed by atoms with Gasteiger partial charge in [-0.1, -0.05) is 87.1 Å². The molecule has 0 amide bonds. The lowest BCUT2D eigenvalue weighted by Gasteiger charge is -2.27. The summed E-state index contributed by atoms with van der Waals surface area (Å²) in [4.78, 5) is 0. The molecule has 6 aromatic carbocycles. The van der Waals surface area contributed by atoms with E-state index in [9.17, 15) is 40.9 Å². The minimum atomic E-state index is -0.514. The number of rotatable bonds is 8. The third-order valence-corrected chi connectivity index (χ3v) is 14.2. The SMILES string of the molecule is Cc1cc(C)c(C(c2ccc(O)c(O)c2)c2c(C)cc(C)c(C)c2O)c(O)c1C.Oc1ccc(C(c2ccc(O)c(C3CCCCC3)c2)c2ccc(O)c(C3CCCCC3)c2)cc1O. The Bertz CT molecular complexity index is 2520. The van der Waals surface area contributed by atoms with Gasteiger partial charge in [0.2, 0.25) is 0 Å². The second kappa shape index (κ2) is 19.2. The average molecular weight is 865 g/mol. The van der Waals surface area contributed by atoms with Crippen LogP contribution in [0.2, 0.25) is 0 Å². The van der Waals surface area contributed by atoms with Crippen molar-refractivity contribution in [2.24, 2.45) is 0 Å². The number of phenolic OH excluding ortho intramolecular Hbond substituents is 8. The second-order valence-corrected chi connectivity index (χ2v) is 18.5. The third-order valence-electron chi connectivity index (χ3n) is 14.2. The van der Waals surface area contributed by atoms with E-state index in [0.717, 1.165) is 86.9 Å². The molecule has 8 rings (SSSR count). The lowest BCUT2D eigenvalue weighted by Crippen LogP contribution is -2.10. The van der Waals surface area contributed by atoms with Crippen molar-refractivity contribution in [2.75, 3.05) is 0 Å². The summed E-state index contributed by atoms with van der Waals surface area (Å²) >= 11 is 0. The highest BCUT2D eigenvalue weighted by Crippen LogP contribution is 2.48. The van der Waals surface area contributed by atoms with Crippen LogP contribution in [0.5, 0.6) is 46.0 Å². The average Bonchev–Trinajstić information content (AvgIpc) is 3.28. The molecule has 6 aromatic rings. The third kappa shape index (κ3) is 9.33. The van der Waals surface area contributed by atoms with E-state index in [1.54, 1.807) is 24.3 Å². The van der Waals surface area contributed by atoms with E-state index < -0.39 is 5.92 Å². The van der Waals surface area contributed by atoms with Gasteiger partial charge >= 0.3 is 0 Å². The fourth-order valence-corrected chi connectivity index (χ4v) is 10.4. The first-order chi connectivity index (χ1) is 30.5. The minimum absolute atomic E-state index is 0.144. The minimum Gasteiger partial charge on any atom is -0.508 e. The molecule has 0 unspecified atom stereocenters. The number of benzene rings is 6. The van der Waals surface area contributed by atoms with Crippen LogP contribution in [0.3, 0.4) is 0 Å². The van der Waals surface area contributed by atoms with Crippen LogP contribution in [0.1, 0.15) is 166 Å². The van der Waals surface area contributed by atoms with Gasteiger partial charge in [0.25, 0.3) is 0 Å². The Kier molecular flexibility index (Phi) is 13.7. The molecular formula is C56H64O8. The van der Waals surface area contributed by atoms with Gasteiger partial charge in [0, 0.05) is 23.0 Å². The number of hydrogen-bond acceptors (Lipinski definition) is 8. The Balaban J connectivity index is 0.000000195. The van der Waals surface area contributed by atoms with Crippen LogP contribution in [0.15, 0.2) is 84.9 Å². The van der Waals surface area contributed by atoms with Crippen molar-refractivity contribution in [3.05, 3.63) is 163 Å². The molecule has 0 heterocycles. The summed E-state index contributed by atoms with van der Waals surface area (Å²) in [7, 11) is 0. The van der Waals surface area contributed by atoms with Crippen LogP contribution in [-0.4, -0.2) is 40.9 Å².